The Kier molecular flexibility index (Phi) is 12.2. The highest BCUT2D eigenvalue weighted by Crippen LogP contribution is 2.57. The molecule has 0 bridgehead atoms. The van der Waals surface area contributed by atoms with Crippen LogP contribution in [0.25, 0.3) is 165 Å². The van der Waals surface area contributed by atoms with Gasteiger partial charge in [0.1, 0.15) is 5.75 Å². The summed E-state index contributed by atoms with van der Waals surface area (Å²) in [4.78, 5) is 0. The van der Waals surface area contributed by atoms with Crippen molar-refractivity contribution in [1.82, 2.24) is 0 Å². The third-order valence-corrected chi connectivity index (χ3v) is 22.6. The third kappa shape index (κ3) is 7.98. The van der Waals surface area contributed by atoms with E-state index in [9.17, 15) is 0 Å². The lowest BCUT2D eigenvalue weighted by Gasteiger charge is -2.25. The Morgan fingerprint density at radius 2 is 0.427 bits per heavy atom. The summed E-state index contributed by atoms with van der Waals surface area (Å²) in [6.07, 6.45) is 0. The zero-order valence-electron chi connectivity index (χ0n) is 55.3. The lowest BCUT2D eigenvalue weighted by Crippen LogP contribution is -2.15. The van der Waals surface area contributed by atoms with Crippen molar-refractivity contribution < 1.29 is 4.74 Å². The lowest BCUT2D eigenvalue weighted by atomic mass is 9.78. The summed E-state index contributed by atoms with van der Waals surface area (Å²) in [5.41, 5.74) is 30.7. The summed E-state index contributed by atoms with van der Waals surface area (Å²) in [6.45, 7) is 17.2. The van der Waals surface area contributed by atoms with E-state index in [1.54, 1.807) is 0 Å². The van der Waals surface area contributed by atoms with Gasteiger partial charge < -0.3 is 4.74 Å². The quantitative estimate of drug-likeness (QED) is 0.138. The first-order valence-electron chi connectivity index (χ1n) is 34.3. The van der Waals surface area contributed by atoms with Crippen molar-refractivity contribution in [3.8, 4) is 106 Å². The second-order valence-electron chi connectivity index (χ2n) is 28.7. The van der Waals surface area contributed by atoms with Crippen LogP contribution in [0.15, 0.2) is 285 Å². The van der Waals surface area contributed by atoms with Crippen LogP contribution >= 0.6 is 0 Å². The Morgan fingerprint density at radius 1 is 0.208 bits per heavy atom. The molecule has 0 heterocycles. The molecule has 0 saturated carbocycles. The maximum atomic E-state index is 5.87. The van der Waals surface area contributed by atoms with Crippen LogP contribution in [0.4, 0.5) is 0 Å². The highest BCUT2D eigenvalue weighted by atomic mass is 16.5. The molecular formula is C95H70O. The fourth-order valence-electron chi connectivity index (χ4n) is 18.1. The SMILES string of the molecule is CCOc1ccc(-c2c3ccccc3c(-c3ccc4c(c3)C(C)(C)c3cc(-c5ccc6c(c5)C(C)(C)c5cc(-c7c8ccccc8c(-c8c9ccccc9c(-c9ccc%10c(c9)C(C)(C)c9ccccc9-%10)c9ccccc89)c8ccccc78)ccc5-6)ccc3-4)c3ccccc23)cc1. The summed E-state index contributed by atoms with van der Waals surface area (Å²) in [5, 5.41) is 15.1. The highest BCUT2D eigenvalue weighted by Gasteiger charge is 2.40. The molecule has 0 unspecified atom stereocenters. The first kappa shape index (κ1) is 56.4. The molecule has 16 aromatic carbocycles. The number of benzene rings is 16. The molecule has 0 radical (unpaired) electrons. The molecule has 0 atom stereocenters. The standard InChI is InChI=1S/C95H70O/c1-8-96-62-44-37-56(38-45-62)87-69-24-9-11-26-71(69)88(72-27-12-10-25-70(72)87)60-42-49-67-65-46-39-57(51-82(65)94(4,5)85(67)54-60)58-40-47-66-68-50-43-61(55-86(68)95(6,7)83(66)52-58)90-75-30-15-19-34-79(75)92(80-35-20-16-31-76(80)90)91-77-32-17-13-28-73(77)89(74-29-14-18-33-78(74)91)59-41-48-64-63-23-21-22-36-81(63)93(2,3)84(64)53-59/h9-55H,8H2,1-7H3. The Morgan fingerprint density at radius 3 is 0.729 bits per heavy atom. The normalized spacial score (nSPS) is 14.3. The molecule has 16 aromatic rings. The summed E-state index contributed by atoms with van der Waals surface area (Å²) >= 11 is 0. The van der Waals surface area contributed by atoms with E-state index < -0.39 is 0 Å². The highest BCUT2D eigenvalue weighted by molar-refractivity contribution is 6.30. The van der Waals surface area contributed by atoms with Gasteiger partial charge in [0.15, 0.2) is 0 Å². The molecule has 0 aliphatic heterocycles. The number of rotatable bonds is 8. The van der Waals surface area contributed by atoms with Gasteiger partial charge in [0, 0.05) is 16.2 Å². The van der Waals surface area contributed by atoms with Crippen LogP contribution in [0.2, 0.25) is 0 Å². The molecule has 19 rings (SSSR count). The van der Waals surface area contributed by atoms with Crippen molar-refractivity contribution in [3.05, 3.63) is 318 Å². The van der Waals surface area contributed by atoms with Gasteiger partial charge in [-0.1, -0.05) is 284 Å². The fraction of sp³-hybridized carbons (Fsp3) is 0.116. The first-order chi connectivity index (χ1) is 46.9. The van der Waals surface area contributed by atoms with E-state index in [2.05, 4.69) is 327 Å². The average molecular weight is 1230 g/mol. The number of ether oxygens (including phenoxy) is 1. The van der Waals surface area contributed by atoms with Gasteiger partial charge in [-0.3, -0.25) is 0 Å². The molecule has 0 saturated heterocycles. The predicted molar refractivity (Wildman–Crippen MR) is 408 cm³/mol. The average Bonchev–Trinajstić information content (AvgIpc) is 0.887. The molecule has 1 heteroatoms. The van der Waals surface area contributed by atoms with Crippen molar-refractivity contribution in [2.45, 2.75) is 64.7 Å². The van der Waals surface area contributed by atoms with Gasteiger partial charge in [-0.05, 0) is 248 Å². The monoisotopic (exact) mass is 1230 g/mol. The Bertz CT molecular complexity index is 5880. The molecule has 456 valence electrons. The van der Waals surface area contributed by atoms with Gasteiger partial charge in [-0.15, -0.1) is 0 Å². The second-order valence-corrected chi connectivity index (χ2v) is 28.7. The summed E-state index contributed by atoms with van der Waals surface area (Å²) < 4.78 is 5.87. The summed E-state index contributed by atoms with van der Waals surface area (Å²) in [7, 11) is 0. The number of hydrogen-bond donors (Lipinski definition) is 0. The van der Waals surface area contributed by atoms with Gasteiger partial charge in [0.2, 0.25) is 0 Å². The summed E-state index contributed by atoms with van der Waals surface area (Å²) in [6, 6.07) is 109. The van der Waals surface area contributed by atoms with Crippen molar-refractivity contribution >= 4 is 64.6 Å². The van der Waals surface area contributed by atoms with Gasteiger partial charge in [0.25, 0.3) is 0 Å². The van der Waals surface area contributed by atoms with Gasteiger partial charge in [0.05, 0.1) is 6.61 Å². The van der Waals surface area contributed by atoms with Gasteiger partial charge >= 0.3 is 0 Å². The maximum Gasteiger partial charge on any atom is 0.119 e. The minimum atomic E-state index is -0.260. The van der Waals surface area contributed by atoms with Crippen LogP contribution in [-0.4, -0.2) is 6.61 Å². The van der Waals surface area contributed by atoms with Crippen LogP contribution < -0.4 is 4.74 Å². The predicted octanol–water partition coefficient (Wildman–Crippen LogP) is 25.9. The van der Waals surface area contributed by atoms with E-state index in [0.717, 1.165) is 5.75 Å². The molecule has 0 spiro atoms. The van der Waals surface area contributed by atoms with Gasteiger partial charge in [-0.25, -0.2) is 0 Å². The topological polar surface area (TPSA) is 9.23 Å². The molecule has 96 heavy (non-hydrogen) atoms. The van der Waals surface area contributed by atoms with Crippen molar-refractivity contribution in [3.63, 3.8) is 0 Å². The zero-order chi connectivity index (χ0) is 64.5. The van der Waals surface area contributed by atoms with E-state index >= 15 is 0 Å². The van der Waals surface area contributed by atoms with Crippen LogP contribution in [0, 0.1) is 0 Å². The molecule has 1 nitrogen and oxygen atoms in total. The van der Waals surface area contributed by atoms with E-state index in [0.29, 0.717) is 6.61 Å². The molecule has 0 fully saturated rings. The molecule has 3 aliphatic rings. The third-order valence-electron chi connectivity index (χ3n) is 22.6. The molecule has 3 aliphatic carbocycles. The molecule has 0 amide bonds. The van der Waals surface area contributed by atoms with E-state index in [-0.39, 0.29) is 16.2 Å². The zero-order valence-corrected chi connectivity index (χ0v) is 55.3. The van der Waals surface area contributed by atoms with E-state index in [1.807, 2.05) is 6.92 Å². The van der Waals surface area contributed by atoms with Gasteiger partial charge in [-0.2, -0.15) is 0 Å². The van der Waals surface area contributed by atoms with E-state index in [1.165, 1.54) is 198 Å². The smallest absolute Gasteiger partial charge is 0.119 e. The Hall–Kier alpha value is -11.1. The summed E-state index contributed by atoms with van der Waals surface area (Å²) in [5.74, 6) is 0.892. The number of hydrogen-bond acceptors (Lipinski definition) is 1. The van der Waals surface area contributed by atoms with Crippen LogP contribution in [0.3, 0.4) is 0 Å². The van der Waals surface area contributed by atoms with Crippen molar-refractivity contribution in [2.24, 2.45) is 0 Å². The molecule has 0 N–H and O–H groups in total. The van der Waals surface area contributed by atoms with Crippen molar-refractivity contribution in [1.29, 1.82) is 0 Å². The fourth-order valence-corrected chi connectivity index (χ4v) is 18.1. The van der Waals surface area contributed by atoms with E-state index in [4.69, 9.17) is 4.74 Å². The van der Waals surface area contributed by atoms with Crippen molar-refractivity contribution in [2.75, 3.05) is 6.61 Å². The van der Waals surface area contributed by atoms with Crippen LogP contribution in [-0.2, 0) is 16.2 Å². The molecular weight excluding hydrogens is 1160 g/mol. The first-order valence-corrected chi connectivity index (χ1v) is 34.3. The maximum absolute atomic E-state index is 5.87. The number of fused-ring (bicyclic) bond motifs is 15. The minimum absolute atomic E-state index is 0.109. The minimum Gasteiger partial charge on any atom is -0.494 e. The largest absolute Gasteiger partial charge is 0.494 e. The Labute approximate surface area is 561 Å². The van der Waals surface area contributed by atoms with Crippen LogP contribution in [0.1, 0.15) is 81.8 Å². The molecule has 0 aromatic heterocycles. The second kappa shape index (κ2) is 20.7. The Balaban J connectivity index is 0.687. The van der Waals surface area contributed by atoms with Crippen LogP contribution in [0.5, 0.6) is 5.75 Å². The lowest BCUT2D eigenvalue weighted by molar-refractivity contribution is 0.340.